The molecule has 5 nitrogen and oxygen atoms in total. The third-order valence-corrected chi connectivity index (χ3v) is 4.17. The van der Waals surface area contributed by atoms with Crippen LogP contribution in [0.1, 0.15) is 46.7 Å². The Bertz CT molecular complexity index is 762. The molecule has 1 heterocycles. The summed E-state index contributed by atoms with van der Waals surface area (Å²) in [5, 5.41) is 6.20. The van der Waals surface area contributed by atoms with E-state index in [9.17, 15) is 9.59 Å². The SMILES string of the molecule is CCC(C)NC(=O)c1ccnc(C(=O)Nc2cccc(Cl)c2C)c1. The summed E-state index contributed by atoms with van der Waals surface area (Å²) in [4.78, 5) is 28.6. The summed E-state index contributed by atoms with van der Waals surface area (Å²) in [5.41, 5.74) is 1.96. The predicted molar refractivity (Wildman–Crippen MR) is 95.6 cm³/mol. The number of nitrogens with zero attached hydrogens (tertiary/aromatic N) is 1. The molecule has 2 amide bonds. The molecule has 1 atom stereocenters. The quantitative estimate of drug-likeness (QED) is 0.865. The zero-order valence-electron chi connectivity index (χ0n) is 13.9. The van der Waals surface area contributed by atoms with E-state index in [1.54, 1.807) is 24.3 Å². The Labute approximate surface area is 146 Å². The Morgan fingerprint density at radius 1 is 1.25 bits per heavy atom. The lowest BCUT2D eigenvalue weighted by molar-refractivity contribution is 0.0939. The number of rotatable bonds is 5. The molecule has 0 bridgehead atoms. The minimum Gasteiger partial charge on any atom is -0.350 e. The molecule has 0 fully saturated rings. The normalized spacial score (nSPS) is 11.7. The number of carbonyl (C=O) groups is 2. The molecule has 0 aliphatic carbocycles. The number of hydrogen-bond donors (Lipinski definition) is 2. The third kappa shape index (κ3) is 4.32. The van der Waals surface area contributed by atoms with Crippen LogP contribution in [-0.2, 0) is 0 Å². The summed E-state index contributed by atoms with van der Waals surface area (Å²) in [6.07, 6.45) is 2.28. The Balaban J connectivity index is 2.17. The van der Waals surface area contributed by atoms with Crippen LogP contribution in [0.4, 0.5) is 5.69 Å². The first kappa shape index (κ1) is 17.9. The molecule has 6 heteroatoms. The van der Waals surface area contributed by atoms with E-state index in [0.717, 1.165) is 12.0 Å². The van der Waals surface area contributed by atoms with Gasteiger partial charge < -0.3 is 10.6 Å². The maximum absolute atomic E-state index is 12.4. The molecule has 0 aliphatic rings. The zero-order valence-corrected chi connectivity index (χ0v) is 14.6. The van der Waals surface area contributed by atoms with Gasteiger partial charge in [0.05, 0.1) is 0 Å². The first-order valence-electron chi connectivity index (χ1n) is 7.75. The van der Waals surface area contributed by atoms with E-state index >= 15 is 0 Å². The maximum Gasteiger partial charge on any atom is 0.274 e. The number of pyridine rings is 1. The third-order valence-electron chi connectivity index (χ3n) is 3.76. The first-order valence-corrected chi connectivity index (χ1v) is 8.13. The second-order valence-electron chi connectivity index (χ2n) is 5.58. The molecule has 1 aromatic heterocycles. The van der Waals surface area contributed by atoms with E-state index in [-0.39, 0.29) is 17.6 Å². The second kappa shape index (κ2) is 7.93. The Morgan fingerprint density at radius 3 is 2.71 bits per heavy atom. The highest BCUT2D eigenvalue weighted by Gasteiger charge is 2.14. The van der Waals surface area contributed by atoms with Crippen LogP contribution in [-0.4, -0.2) is 22.8 Å². The van der Waals surface area contributed by atoms with E-state index in [0.29, 0.717) is 16.3 Å². The van der Waals surface area contributed by atoms with Gasteiger partial charge in [-0.15, -0.1) is 0 Å². The lowest BCUT2D eigenvalue weighted by atomic mass is 10.1. The monoisotopic (exact) mass is 345 g/mol. The molecule has 2 N–H and O–H groups in total. The van der Waals surface area contributed by atoms with Gasteiger partial charge >= 0.3 is 0 Å². The average molecular weight is 346 g/mol. The van der Waals surface area contributed by atoms with Crippen molar-refractivity contribution in [3.05, 3.63) is 58.4 Å². The minimum absolute atomic E-state index is 0.0667. The molecule has 0 aliphatic heterocycles. The van der Waals surface area contributed by atoms with Crippen molar-refractivity contribution in [2.24, 2.45) is 0 Å². The van der Waals surface area contributed by atoms with Crippen molar-refractivity contribution in [3.8, 4) is 0 Å². The van der Waals surface area contributed by atoms with Crippen molar-refractivity contribution < 1.29 is 9.59 Å². The number of aromatic nitrogens is 1. The highest BCUT2D eigenvalue weighted by Crippen LogP contribution is 2.23. The number of amides is 2. The Hall–Kier alpha value is -2.40. The molecular formula is C18H20ClN3O2. The number of carbonyl (C=O) groups excluding carboxylic acids is 2. The standard InChI is InChI=1S/C18H20ClN3O2/c1-4-11(2)21-17(23)13-8-9-20-16(10-13)18(24)22-15-7-5-6-14(19)12(15)3/h5-11H,4H2,1-3H3,(H,21,23)(H,22,24). The highest BCUT2D eigenvalue weighted by atomic mass is 35.5. The smallest absolute Gasteiger partial charge is 0.274 e. The van der Waals surface area contributed by atoms with Crippen LogP contribution in [0.15, 0.2) is 36.5 Å². The lowest BCUT2D eigenvalue weighted by Crippen LogP contribution is -2.32. The molecule has 24 heavy (non-hydrogen) atoms. The van der Waals surface area contributed by atoms with Crippen molar-refractivity contribution in [3.63, 3.8) is 0 Å². The number of hydrogen-bond acceptors (Lipinski definition) is 3. The van der Waals surface area contributed by atoms with Gasteiger partial charge in [-0.05, 0) is 50.1 Å². The topological polar surface area (TPSA) is 71.1 Å². The lowest BCUT2D eigenvalue weighted by Gasteiger charge is -2.12. The number of halogens is 1. The van der Waals surface area contributed by atoms with Crippen molar-refractivity contribution in [2.75, 3.05) is 5.32 Å². The highest BCUT2D eigenvalue weighted by molar-refractivity contribution is 6.31. The predicted octanol–water partition coefficient (Wildman–Crippen LogP) is 3.82. The summed E-state index contributed by atoms with van der Waals surface area (Å²) >= 11 is 6.05. The van der Waals surface area contributed by atoms with Crippen LogP contribution < -0.4 is 10.6 Å². The van der Waals surface area contributed by atoms with Gasteiger partial charge in [0, 0.05) is 28.5 Å². The van der Waals surface area contributed by atoms with Gasteiger partial charge in [0.1, 0.15) is 5.69 Å². The molecule has 0 spiro atoms. The summed E-state index contributed by atoms with van der Waals surface area (Å²) in [7, 11) is 0. The first-order chi connectivity index (χ1) is 11.4. The number of benzene rings is 1. The van der Waals surface area contributed by atoms with Crippen LogP contribution in [0, 0.1) is 6.92 Å². The number of nitrogens with one attached hydrogen (secondary N) is 2. The molecule has 2 aromatic rings. The van der Waals surface area contributed by atoms with Gasteiger partial charge in [-0.25, -0.2) is 0 Å². The van der Waals surface area contributed by atoms with Gasteiger partial charge in [0.2, 0.25) is 0 Å². The van der Waals surface area contributed by atoms with Gasteiger partial charge in [-0.1, -0.05) is 24.6 Å². The molecule has 0 radical (unpaired) electrons. The van der Waals surface area contributed by atoms with Gasteiger partial charge in [-0.3, -0.25) is 14.6 Å². The van der Waals surface area contributed by atoms with E-state index in [2.05, 4.69) is 15.6 Å². The van der Waals surface area contributed by atoms with Gasteiger partial charge in [0.25, 0.3) is 11.8 Å². The molecule has 1 aromatic carbocycles. The van der Waals surface area contributed by atoms with Crippen LogP contribution in [0.25, 0.3) is 0 Å². The summed E-state index contributed by atoms with van der Waals surface area (Å²) in [5.74, 6) is -0.613. The van der Waals surface area contributed by atoms with E-state index in [4.69, 9.17) is 11.6 Å². The molecule has 0 saturated carbocycles. The summed E-state index contributed by atoms with van der Waals surface area (Å²) in [6, 6.07) is 8.40. The Morgan fingerprint density at radius 2 is 2.00 bits per heavy atom. The molecule has 2 rings (SSSR count). The van der Waals surface area contributed by atoms with E-state index in [1.807, 2.05) is 20.8 Å². The summed E-state index contributed by atoms with van der Waals surface area (Å²) in [6.45, 7) is 5.74. The molecule has 126 valence electrons. The van der Waals surface area contributed by atoms with Crippen molar-refractivity contribution >= 4 is 29.1 Å². The largest absolute Gasteiger partial charge is 0.350 e. The maximum atomic E-state index is 12.4. The van der Waals surface area contributed by atoms with E-state index < -0.39 is 5.91 Å². The van der Waals surface area contributed by atoms with Crippen LogP contribution in [0.2, 0.25) is 5.02 Å². The molecule has 1 unspecified atom stereocenters. The van der Waals surface area contributed by atoms with E-state index in [1.165, 1.54) is 12.3 Å². The fourth-order valence-electron chi connectivity index (χ4n) is 2.03. The van der Waals surface area contributed by atoms with Crippen LogP contribution in [0.5, 0.6) is 0 Å². The fraction of sp³-hybridized carbons (Fsp3) is 0.278. The zero-order chi connectivity index (χ0) is 17.7. The second-order valence-corrected chi connectivity index (χ2v) is 5.99. The van der Waals surface area contributed by atoms with Crippen LogP contribution in [0.3, 0.4) is 0 Å². The van der Waals surface area contributed by atoms with Crippen molar-refractivity contribution in [2.45, 2.75) is 33.2 Å². The molecular weight excluding hydrogens is 326 g/mol. The number of anilines is 1. The van der Waals surface area contributed by atoms with Crippen LogP contribution >= 0.6 is 11.6 Å². The van der Waals surface area contributed by atoms with Gasteiger partial charge in [0.15, 0.2) is 0 Å². The summed E-state index contributed by atoms with van der Waals surface area (Å²) < 4.78 is 0. The Kier molecular flexibility index (Phi) is 5.93. The molecule has 0 saturated heterocycles. The van der Waals surface area contributed by atoms with Gasteiger partial charge in [-0.2, -0.15) is 0 Å². The minimum atomic E-state index is -0.390. The van der Waals surface area contributed by atoms with Crippen molar-refractivity contribution in [1.29, 1.82) is 0 Å². The van der Waals surface area contributed by atoms with Crippen molar-refractivity contribution in [1.82, 2.24) is 10.3 Å². The fourth-order valence-corrected chi connectivity index (χ4v) is 2.21. The average Bonchev–Trinajstić information content (AvgIpc) is 2.58.